The smallest absolute Gasteiger partial charge is 0.341 e. The van der Waals surface area contributed by atoms with Gasteiger partial charge < -0.3 is 14.6 Å². The Labute approximate surface area is 187 Å². The molecule has 0 radical (unpaired) electrons. The fourth-order valence-electron chi connectivity index (χ4n) is 4.33. The second-order valence-corrected chi connectivity index (χ2v) is 8.89. The zero-order chi connectivity index (χ0) is 22.7. The molecule has 2 aromatic carbocycles. The maximum Gasteiger partial charge on any atom is 0.341 e. The van der Waals surface area contributed by atoms with E-state index in [4.69, 9.17) is 26.2 Å². The first-order valence-electron chi connectivity index (χ1n) is 10.4. The van der Waals surface area contributed by atoms with Gasteiger partial charge in [0.25, 0.3) is 0 Å². The first-order chi connectivity index (χ1) is 14.7. The van der Waals surface area contributed by atoms with E-state index in [1.54, 1.807) is 12.1 Å². The summed E-state index contributed by atoms with van der Waals surface area (Å²) >= 11 is 6.08. The van der Waals surface area contributed by atoms with Gasteiger partial charge in [0, 0.05) is 22.4 Å². The summed E-state index contributed by atoms with van der Waals surface area (Å²) in [5.74, 6) is -1.63. The molecule has 1 N–H and O–H groups in total. The number of carboxylic acids is 1. The van der Waals surface area contributed by atoms with Gasteiger partial charge in [0.05, 0.1) is 12.2 Å². The Morgan fingerprint density at radius 2 is 1.97 bits per heavy atom. The summed E-state index contributed by atoms with van der Waals surface area (Å²) in [7, 11) is 0. The molecule has 0 amide bonds. The quantitative estimate of drug-likeness (QED) is 0.499. The molecule has 1 aliphatic rings. The molecule has 6 heteroatoms. The highest BCUT2D eigenvalue weighted by atomic mass is 35.5. The van der Waals surface area contributed by atoms with Gasteiger partial charge in [0.1, 0.15) is 0 Å². The summed E-state index contributed by atoms with van der Waals surface area (Å²) < 4.78 is 26.6. The van der Waals surface area contributed by atoms with Crippen LogP contribution in [0, 0.1) is 17.7 Å². The zero-order valence-corrected chi connectivity index (χ0v) is 18.7. The lowest BCUT2D eigenvalue weighted by Crippen LogP contribution is -2.39. The van der Waals surface area contributed by atoms with Gasteiger partial charge in [-0.05, 0) is 43.0 Å². The molecule has 1 saturated heterocycles. The van der Waals surface area contributed by atoms with Crippen LogP contribution in [0.1, 0.15) is 50.3 Å². The van der Waals surface area contributed by atoms with Gasteiger partial charge in [-0.2, -0.15) is 0 Å². The second-order valence-electron chi connectivity index (χ2n) is 8.45. The SMILES string of the molecule is C=C(C)[C@@H]1C[C@@H](c2ccc(Cl)cc2)[C@@H](C(C)C)O[C@H]1c1cccc(F)c1OCC(=O)O. The molecule has 1 heterocycles. The van der Waals surface area contributed by atoms with Gasteiger partial charge in [0.2, 0.25) is 0 Å². The van der Waals surface area contributed by atoms with Crippen LogP contribution in [0.4, 0.5) is 4.39 Å². The van der Waals surface area contributed by atoms with E-state index in [0.717, 1.165) is 17.6 Å². The molecule has 0 spiro atoms. The first-order valence-corrected chi connectivity index (χ1v) is 10.8. The Kier molecular flexibility index (Phi) is 7.39. The summed E-state index contributed by atoms with van der Waals surface area (Å²) in [5.41, 5.74) is 2.56. The van der Waals surface area contributed by atoms with E-state index in [0.29, 0.717) is 10.6 Å². The zero-order valence-electron chi connectivity index (χ0n) is 18.0. The highest BCUT2D eigenvalue weighted by Gasteiger charge is 2.42. The number of benzene rings is 2. The van der Waals surface area contributed by atoms with E-state index in [9.17, 15) is 9.18 Å². The van der Waals surface area contributed by atoms with Gasteiger partial charge in [-0.25, -0.2) is 9.18 Å². The highest BCUT2D eigenvalue weighted by Crippen LogP contribution is 2.49. The van der Waals surface area contributed by atoms with E-state index in [-0.39, 0.29) is 29.6 Å². The van der Waals surface area contributed by atoms with Crippen LogP contribution in [0.3, 0.4) is 0 Å². The predicted molar refractivity (Wildman–Crippen MR) is 119 cm³/mol. The van der Waals surface area contributed by atoms with Crippen LogP contribution < -0.4 is 4.74 Å². The molecule has 0 saturated carbocycles. The molecule has 0 bridgehead atoms. The Morgan fingerprint density at radius 1 is 1.29 bits per heavy atom. The third-order valence-corrected chi connectivity index (χ3v) is 6.06. The Balaban J connectivity index is 2.02. The molecule has 1 aliphatic heterocycles. The number of aliphatic carboxylic acids is 1. The van der Waals surface area contributed by atoms with Crippen molar-refractivity contribution in [3.8, 4) is 5.75 Å². The molecule has 166 valence electrons. The van der Waals surface area contributed by atoms with E-state index >= 15 is 0 Å². The maximum atomic E-state index is 14.6. The third kappa shape index (κ3) is 5.28. The molecule has 4 nitrogen and oxygen atoms in total. The molecule has 2 aromatic rings. The number of para-hydroxylation sites is 1. The predicted octanol–water partition coefficient (Wildman–Crippen LogP) is 6.40. The number of ether oxygens (including phenoxy) is 2. The minimum absolute atomic E-state index is 0.0754. The lowest BCUT2D eigenvalue weighted by atomic mass is 9.73. The monoisotopic (exact) mass is 446 g/mol. The Hall–Kier alpha value is -2.37. The highest BCUT2D eigenvalue weighted by molar-refractivity contribution is 6.30. The van der Waals surface area contributed by atoms with Crippen molar-refractivity contribution in [2.24, 2.45) is 11.8 Å². The lowest BCUT2D eigenvalue weighted by Gasteiger charge is -2.44. The minimum Gasteiger partial charge on any atom is -0.479 e. The third-order valence-electron chi connectivity index (χ3n) is 5.81. The number of hydrogen-bond donors (Lipinski definition) is 1. The van der Waals surface area contributed by atoms with Crippen molar-refractivity contribution in [3.63, 3.8) is 0 Å². The van der Waals surface area contributed by atoms with E-state index in [2.05, 4.69) is 20.4 Å². The molecular weight excluding hydrogens is 419 g/mol. The molecule has 31 heavy (non-hydrogen) atoms. The van der Waals surface area contributed by atoms with E-state index < -0.39 is 24.5 Å². The second kappa shape index (κ2) is 9.84. The molecule has 0 aliphatic carbocycles. The van der Waals surface area contributed by atoms with Gasteiger partial charge in [-0.15, -0.1) is 0 Å². The number of carboxylic acid groups (broad SMARTS) is 1. The summed E-state index contributed by atoms with van der Waals surface area (Å²) in [6, 6.07) is 12.4. The molecule has 4 atom stereocenters. The van der Waals surface area contributed by atoms with Crippen molar-refractivity contribution in [1.82, 2.24) is 0 Å². The molecule has 0 aromatic heterocycles. The van der Waals surface area contributed by atoms with Crippen LogP contribution in [0.25, 0.3) is 0 Å². The number of rotatable bonds is 7. The number of hydrogen-bond acceptors (Lipinski definition) is 3. The minimum atomic E-state index is -1.17. The van der Waals surface area contributed by atoms with Crippen LogP contribution in [0.2, 0.25) is 5.02 Å². The summed E-state index contributed by atoms with van der Waals surface area (Å²) in [6.45, 7) is 9.67. The van der Waals surface area contributed by atoms with Crippen molar-refractivity contribution < 1.29 is 23.8 Å². The molecule has 0 unspecified atom stereocenters. The summed E-state index contributed by atoms with van der Waals surface area (Å²) in [5, 5.41) is 9.68. The number of carbonyl (C=O) groups is 1. The lowest BCUT2D eigenvalue weighted by molar-refractivity contribution is -0.139. The van der Waals surface area contributed by atoms with Gasteiger partial charge >= 0.3 is 5.97 Å². The maximum absolute atomic E-state index is 14.6. The normalized spacial score (nSPS) is 23.5. The average molecular weight is 447 g/mol. The average Bonchev–Trinajstić information content (AvgIpc) is 2.72. The van der Waals surface area contributed by atoms with E-state index in [1.807, 2.05) is 31.2 Å². The van der Waals surface area contributed by atoms with Crippen molar-refractivity contribution in [2.45, 2.75) is 45.3 Å². The molecular formula is C25H28ClFO4. The number of halogens is 2. The Morgan fingerprint density at radius 3 is 2.55 bits per heavy atom. The fourth-order valence-corrected chi connectivity index (χ4v) is 4.46. The van der Waals surface area contributed by atoms with Crippen molar-refractivity contribution in [1.29, 1.82) is 0 Å². The van der Waals surface area contributed by atoms with Crippen molar-refractivity contribution >= 4 is 17.6 Å². The van der Waals surface area contributed by atoms with Crippen LogP contribution >= 0.6 is 11.6 Å². The largest absolute Gasteiger partial charge is 0.479 e. The summed E-state index contributed by atoms with van der Waals surface area (Å²) in [4.78, 5) is 11.0. The standard InChI is InChI=1S/C25H28ClFO4/c1-14(2)19-12-20(16-8-10-17(26)11-9-16)23(15(3)4)31-24(19)18-6-5-7-21(27)25(18)30-13-22(28)29/h5-11,15,19-20,23-24H,1,12-13H2,2-4H3,(H,28,29)/t19-,20-,23+,24-/m0/s1. The van der Waals surface area contributed by atoms with Gasteiger partial charge in [-0.3, -0.25) is 0 Å². The Bertz CT molecular complexity index is 941. The van der Waals surface area contributed by atoms with Crippen LogP contribution in [-0.4, -0.2) is 23.8 Å². The molecule has 1 fully saturated rings. The van der Waals surface area contributed by atoms with Gasteiger partial charge in [-0.1, -0.05) is 61.9 Å². The van der Waals surface area contributed by atoms with E-state index in [1.165, 1.54) is 6.07 Å². The fraction of sp³-hybridized carbons (Fsp3) is 0.400. The summed E-state index contributed by atoms with van der Waals surface area (Å²) in [6.07, 6.45) is 0.143. The van der Waals surface area contributed by atoms with Gasteiger partial charge in [0.15, 0.2) is 18.2 Å². The van der Waals surface area contributed by atoms with Crippen molar-refractivity contribution in [3.05, 3.63) is 76.6 Å². The molecule has 3 rings (SSSR count). The van der Waals surface area contributed by atoms with Crippen LogP contribution in [0.5, 0.6) is 5.75 Å². The topological polar surface area (TPSA) is 55.8 Å². The van der Waals surface area contributed by atoms with Crippen molar-refractivity contribution in [2.75, 3.05) is 6.61 Å². The first kappa shape index (κ1) is 23.3. The van der Waals surface area contributed by atoms with Crippen LogP contribution in [-0.2, 0) is 9.53 Å². The van der Waals surface area contributed by atoms with Crippen LogP contribution in [0.15, 0.2) is 54.6 Å².